The minimum absolute atomic E-state index is 0.0490. The van der Waals surface area contributed by atoms with Gasteiger partial charge in [0, 0.05) is 75.0 Å². The molecule has 0 saturated carbocycles. The minimum atomic E-state index is -0.149. The summed E-state index contributed by atoms with van der Waals surface area (Å²) in [5.74, 6) is 1.68. The zero-order valence-electron chi connectivity index (χ0n) is 26.8. The number of nitrogens with zero attached hydrogens (tertiary/aromatic N) is 6. The molecular weight excluding hydrogens is 548 g/mol. The SMILES string of the molecule is CN1CCN(c2ccc(-c3nc4c(c(NCCCN5CCC(C(N)=O)CC5)n3)CN(C)CC4)cc2)CC1.Cc1ccccc1. The fourth-order valence-electron chi connectivity index (χ4n) is 6.20. The van der Waals surface area contributed by atoms with Crippen molar-refractivity contribution in [2.24, 2.45) is 11.7 Å². The Kier molecular flexibility index (Phi) is 11.2. The van der Waals surface area contributed by atoms with Gasteiger partial charge in [-0.15, -0.1) is 0 Å². The van der Waals surface area contributed by atoms with Crippen LogP contribution in [0.15, 0.2) is 54.6 Å². The van der Waals surface area contributed by atoms with E-state index in [-0.39, 0.29) is 11.8 Å². The number of carbonyl (C=O) groups excluding carboxylic acids is 1. The summed E-state index contributed by atoms with van der Waals surface area (Å²) in [7, 11) is 4.35. The van der Waals surface area contributed by atoms with Crippen LogP contribution in [0.4, 0.5) is 11.5 Å². The van der Waals surface area contributed by atoms with Gasteiger partial charge in [-0.2, -0.15) is 0 Å². The van der Waals surface area contributed by atoms with Gasteiger partial charge in [-0.3, -0.25) is 4.79 Å². The summed E-state index contributed by atoms with van der Waals surface area (Å²) in [4.78, 5) is 31.1. The van der Waals surface area contributed by atoms with E-state index in [1.54, 1.807) is 0 Å². The fraction of sp³-hybridized carbons (Fsp3) is 0.514. The number of carbonyl (C=O) groups is 1. The fourth-order valence-corrected chi connectivity index (χ4v) is 6.20. The van der Waals surface area contributed by atoms with Gasteiger partial charge in [-0.25, -0.2) is 9.97 Å². The van der Waals surface area contributed by atoms with Crippen molar-refractivity contribution in [2.45, 2.75) is 39.2 Å². The molecule has 0 aliphatic carbocycles. The van der Waals surface area contributed by atoms with Crippen LogP contribution >= 0.6 is 0 Å². The van der Waals surface area contributed by atoms with E-state index in [1.165, 1.54) is 22.5 Å². The van der Waals surface area contributed by atoms with Crippen LogP contribution in [0.2, 0.25) is 0 Å². The molecule has 9 heteroatoms. The number of anilines is 2. The first-order valence-electron chi connectivity index (χ1n) is 16.2. The van der Waals surface area contributed by atoms with Crippen LogP contribution < -0.4 is 16.0 Å². The van der Waals surface area contributed by atoms with E-state index in [2.05, 4.69) is 82.3 Å². The van der Waals surface area contributed by atoms with Crippen molar-refractivity contribution in [3.05, 3.63) is 71.4 Å². The van der Waals surface area contributed by atoms with Gasteiger partial charge in [0.2, 0.25) is 5.91 Å². The van der Waals surface area contributed by atoms with Crippen molar-refractivity contribution in [1.82, 2.24) is 24.7 Å². The highest BCUT2D eigenvalue weighted by Gasteiger charge is 2.24. The number of likely N-dealkylation sites (tertiary alicyclic amines) is 1. The predicted octanol–water partition coefficient (Wildman–Crippen LogP) is 3.88. The van der Waals surface area contributed by atoms with Gasteiger partial charge in [-0.1, -0.05) is 35.9 Å². The van der Waals surface area contributed by atoms with Crippen molar-refractivity contribution in [3.63, 3.8) is 0 Å². The maximum absolute atomic E-state index is 11.4. The Morgan fingerprint density at radius 1 is 0.886 bits per heavy atom. The number of hydrogen-bond donors (Lipinski definition) is 2. The van der Waals surface area contributed by atoms with Gasteiger partial charge in [0.05, 0.1) is 5.69 Å². The summed E-state index contributed by atoms with van der Waals surface area (Å²) in [6.45, 7) is 12.1. The lowest BCUT2D eigenvalue weighted by Crippen LogP contribution is -2.44. The molecule has 1 amide bonds. The first-order chi connectivity index (χ1) is 21.4. The third-order valence-electron chi connectivity index (χ3n) is 9.12. The van der Waals surface area contributed by atoms with Crippen molar-refractivity contribution >= 4 is 17.4 Å². The summed E-state index contributed by atoms with van der Waals surface area (Å²) in [5.41, 5.74) is 11.5. The number of amides is 1. The molecule has 44 heavy (non-hydrogen) atoms. The third-order valence-corrected chi connectivity index (χ3v) is 9.12. The molecule has 4 heterocycles. The Bertz CT molecular complexity index is 1330. The Morgan fingerprint density at radius 3 is 2.23 bits per heavy atom. The van der Waals surface area contributed by atoms with E-state index in [4.69, 9.17) is 15.7 Å². The maximum Gasteiger partial charge on any atom is 0.220 e. The standard InChI is InChI=1S/C28H42N8O.C7H8/c1-33-16-18-36(19-17-33)23-6-4-22(5-7-23)27-31-25-10-13-34(2)20-24(25)28(32-27)30-11-3-12-35-14-8-21(9-15-35)26(29)37;1-7-5-3-2-4-6-7/h4-7,21H,3,8-20H2,1-2H3,(H2,29,37)(H,30,31,32);2-6H,1H3. The molecule has 0 bridgehead atoms. The number of nitrogens with two attached hydrogens (primary N) is 1. The van der Waals surface area contributed by atoms with Gasteiger partial charge in [0.1, 0.15) is 5.82 Å². The van der Waals surface area contributed by atoms with Crippen LogP contribution in [0.25, 0.3) is 11.4 Å². The molecule has 2 saturated heterocycles. The van der Waals surface area contributed by atoms with E-state index < -0.39 is 0 Å². The van der Waals surface area contributed by atoms with Gasteiger partial charge in [-0.05, 0) is 84.2 Å². The molecule has 6 rings (SSSR count). The molecule has 0 radical (unpaired) electrons. The molecule has 1 aromatic heterocycles. The summed E-state index contributed by atoms with van der Waals surface area (Å²) in [6.07, 6.45) is 3.74. The Hall–Kier alpha value is -3.53. The van der Waals surface area contributed by atoms with Crippen molar-refractivity contribution < 1.29 is 4.79 Å². The normalized spacial score (nSPS) is 18.3. The number of rotatable bonds is 8. The van der Waals surface area contributed by atoms with Crippen molar-refractivity contribution in [1.29, 1.82) is 0 Å². The maximum atomic E-state index is 11.4. The first-order valence-corrected chi connectivity index (χ1v) is 16.2. The number of aromatic nitrogens is 2. The van der Waals surface area contributed by atoms with Crippen LogP contribution in [0.1, 0.15) is 36.1 Å². The molecule has 0 atom stereocenters. The van der Waals surface area contributed by atoms with Gasteiger partial charge < -0.3 is 30.7 Å². The number of aryl methyl sites for hydroxylation is 1. The van der Waals surface area contributed by atoms with Gasteiger partial charge in [0.25, 0.3) is 0 Å². The Labute approximate surface area is 263 Å². The van der Waals surface area contributed by atoms with E-state index >= 15 is 0 Å². The lowest BCUT2D eigenvalue weighted by Gasteiger charge is -2.34. The lowest BCUT2D eigenvalue weighted by molar-refractivity contribution is -0.123. The number of piperazine rings is 1. The number of fused-ring (bicyclic) bond motifs is 1. The largest absolute Gasteiger partial charge is 0.370 e. The van der Waals surface area contributed by atoms with Gasteiger partial charge in [0.15, 0.2) is 5.82 Å². The average Bonchev–Trinajstić information content (AvgIpc) is 3.04. The molecule has 236 valence electrons. The smallest absolute Gasteiger partial charge is 0.220 e. The predicted molar refractivity (Wildman–Crippen MR) is 180 cm³/mol. The number of piperidine rings is 1. The van der Waals surface area contributed by atoms with E-state index in [1.807, 2.05) is 18.2 Å². The molecule has 2 fully saturated rings. The highest BCUT2D eigenvalue weighted by Crippen LogP contribution is 2.28. The number of likely N-dealkylation sites (N-methyl/N-ethyl adjacent to an activating group) is 2. The Balaban J connectivity index is 0.000000484. The second-order valence-corrected chi connectivity index (χ2v) is 12.6. The van der Waals surface area contributed by atoms with Crippen molar-refractivity contribution in [2.75, 3.05) is 83.2 Å². The average molecular weight is 599 g/mol. The number of nitrogens with one attached hydrogen (secondary N) is 1. The monoisotopic (exact) mass is 598 g/mol. The van der Waals surface area contributed by atoms with E-state index in [0.29, 0.717) is 0 Å². The first kappa shape index (κ1) is 31.9. The third kappa shape index (κ3) is 8.77. The molecular formula is C35H50N8O. The number of benzene rings is 2. The van der Waals surface area contributed by atoms with Crippen LogP contribution in [-0.2, 0) is 17.8 Å². The molecule has 0 spiro atoms. The van der Waals surface area contributed by atoms with Crippen molar-refractivity contribution in [3.8, 4) is 11.4 Å². The van der Waals surface area contributed by atoms with E-state index in [9.17, 15) is 4.79 Å². The molecule has 3 aliphatic heterocycles. The zero-order valence-corrected chi connectivity index (χ0v) is 26.8. The lowest BCUT2D eigenvalue weighted by atomic mass is 9.96. The van der Waals surface area contributed by atoms with Gasteiger partial charge >= 0.3 is 0 Å². The van der Waals surface area contributed by atoms with E-state index in [0.717, 1.165) is 108 Å². The second-order valence-electron chi connectivity index (χ2n) is 12.6. The summed E-state index contributed by atoms with van der Waals surface area (Å²) >= 11 is 0. The van der Waals surface area contributed by atoms with Crippen LogP contribution in [0.5, 0.6) is 0 Å². The number of primary amides is 1. The molecule has 3 aliphatic rings. The number of hydrogen-bond acceptors (Lipinski definition) is 8. The van der Waals surface area contributed by atoms with Crippen LogP contribution in [0, 0.1) is 12.8 Å². The molecule has 3 N–H and O–H groups in total. The molecule has 3 aromatic rings. The highest BCUT2D eigenvalue weighted by molar-refractivity contribution is 5.76. The summed E-state index contributed by atoms with van der Waals surface area (Å²) in [6, 6.07) is 19.0. The van der Waals surface area contributed by atoms with Crippen LogP contribution in [-0.4, -0.2) is 104 Å². The molecule has 2 aromatic carbocycles. The highest BCUT2D eigenvalue weighted by atomic mass is 16.1. The quantitative estimate of drug-likeness (QED) is 0.378. The minimum Gasteiger partial charge on any atom is -0.370 e. The Morgan fingerprint density at radius 2 is 1.59 bits per heavy atom. The second kappa shape index (κ2) is 15.5. The molecule has 0 unspecified atom stereocenters. The van der Waals surface area contributed by atoms with Crippen LogP contribution in [0.3, 0.4) is 0 Å². The summed E-state index contributed by atoms with van der Waals surface area (Å²) < 4.78 is 0. The zero-order chi connectivity index (χ0) is 30.9. The topological polar surface area (TPSA) is 93.9 Å². The summed E-state index contributed by atoms with van der Waals surface area (Å²) in [5, 5.41) is 3.65. The molecule has 9 nitrogen and oxygen atoms in total.